The Labute approximate surface area is 210 Å². The average molecular weight is 502 g/mol. The number of amides is 1. The van der Waals surface area contributed by atoms with Crippen molar-refractivity contribution in [3.05, 3.63) is 108 Å². The van der Waals surface area contributed by atoms with Crippen LogP contribution in [0.3, 0.4) is 0 Å². The molecule has 1 amide bonds. The number of carbonyl (C=O) groups excluding carboxylic acids is 2. The Morgan fingerprint density at radius 2 is 1.42 bits per heavy atom. The first-order valence-electron chi connectivity index (χ1n) is 11.4. The Kier molecular flexibility index (Phi) is 7.77. The largest absolute Gasteiger partial charge is 0.356 e. The van der Waals surface area contributed by atoms with Crippen LogP contribution < -0.4 is 15.4 Å². The molecule has 1 atom stereocenters. The number of ketones is 1. The van der Waals surface area contributed by atoms with E-state index in [1.54, 1.807) is 24.3 Å². The minimum absolute atomic E-state index is 0.248. The second kappa shape index (κ2) is 11.2. The fourth-order valence-electron chi connectivity index (χ4n) is 3.80. The van der Waals surface area contributed by atoms with E-state index in [2.05, 4.69) is 27.5 Å². The number of carbonyl (C=O) groups is 2. The lowest BCUT2D eigenvalue weighted by Crippen LogP contribution is -2.46. The molecule has 4 aromatic rings. The Balaban J connectivity index is 1.44. The summed E-state index contributed by atoms with van der Waals surface area (Å²) in [5.74, 6) is -0.840. The SMILES string of the molecule is CS(=O)(=O)NCC(=O)[C@H](Cc1ccccc1)NC(=O)c1ccc(Nc2ccc3ccccc3c2)cc1. The van der Waals surface area contributed by atoms with E-state index in [-0.39, 0.29) is 6.42 Å². The normalized spacial score (nSPS) is 12.1. The van der Waals surface area contributed by atoms with Crippen LogP contribution in [0.15, 0.2) is 97.1 Å². The zero-order chi connectivity index (χ0) is 25.5. The molecule has 0 saturated carbocycles. The van der Waals surface area contributed by atoms with Crippen molar-refractivity contribution in [2.24, 2.45) is 0 Å². The fourth-order valence-corrected chi connectivity index (χ4v) is 4.21. The number of sulfonamides is 1. The summed E-state index contributed by atoms with van der Waals surface area (Å²) in [6.45, 7) is -0.398. The molecule has 184 valence electrons. The topological polar surface area (TPSA) is 104 Å². The van der Waals surface area contributed by atoms with Gasteiger partial charge in [0, 0.05) is 16.9 Å². The first-order valence-corrected chi connectivity index (χ1v) is 13.3. The Hall–Kier alpha value is -4.01. The summed E-state index contributed by atoms with van der Waals surface area (Å²) in [7, 11) is -3.54. The molecule has 4 rings (SSSR count). The number of fused-ring (bicyclic) bond motifs is 1. The summed E-state index contributed by atoms with van der Waals surface area (Å²) >= 11 is 0. The van der Waals surface area contributed by atoms with Gasteiger partial charge in [-0.2, -0.15) is 0 Å². The van der Waals surface area contributed by atoms with Gasteiger partial charge in [0.15, 0.2) is 5.78 Å². The van der Waals surface area contributed by atoms with Crippen LogP contribution in [0.1, 0.15) is 15.9 Å². The highest BCUT2D eigenvalue weighted by molar-refractivity contribution is 7.88. The maximum atomic E-state index is 12.9. The summed E-state index contributed by atoms with van der Waals surface area (Å²) in [4.78, 5) is 25.7. The van der Waals surface area contributed by atoms with Crippen molar-refractivity contribution in [3.63, 3.8) is 0 Å². The molecule has 3 N–H and O–H groups in total. The van der Waals surface area contributed by atoms with Crippen LogP contribution in [0, 0.1) is 0 Å². The summed E-state index contributed by atoms with van der Waals surface area (Å²) in [5.41, 5.74) is 2.99. The van der Waals surface area contributed by atoms with Crippen LogP contribution in [0.2, 0.25) is 0 Å². The molecule has 0 aliphatic carbocycles. The van der Waals surface area contributed by atoms with E-state index in [4.69, 9.17) is 0 Å². The van der Waals surface area contributed by atoms with Gasteiger partial charge in [0.25, 0.3) is 5.91 Å². The summed E-state index contributed by atoms with van der Waals surface area (Å²) < 4.78 is 25.1. The molecule has 0 bridgehead atoms. The lowest BCUT2D eigenvalue weighted by molar-refractivity contribution is -0.119. The molecule has 0 aromatic heterocycles. The molecule has 8 heteroatoms. The molecule has 0 aliphatic heterocycles. The molecular formula is C28H27N3O4S. The van der Waals surface area contributed by atoms with Crippen molar-refractivity contribution >= 4 is 43.9 Å². The van der Waals surface area contributed by atoms with E-state index in [0.29, 0.717) is 5.56 Å². The molecule has 0 unspecified atom stereocenters. The number of rotatable bonds is 10. The number of anilines is 2. The number of benzene rings is 4. The second-order valence-electron chi connectivity index (χ2n) is 8.54. The Morgan fingerprint density at radius 1 is 0.778 bits per heavy atom. The van der Waals surface area contributed by atoms with Crippen LogP contribution >= 0.6 is 0 Å². The second-order valence-corrected chi connectivity index (χ2v) is 10.4. The monoisotopic (exact) mass is 501 g/mol. The lowest BCUT2D eigenvalue weighted by atomic mass is 10.0. The van der Waals surface area contributed by atoms with Gasteiger partial charge < -0.3 is 10.6 Å². The van der Waals surface area contributed by atoms with Gasteiger partial charge in [0.05, 0.1) is 18.8 Å². The molecule has 0 aliphatic rings. The molecule has 0 radical (unpaired) electrons. The third kappa shape index (κ3) is 7.00. The maximum absolute atomic E-state index is 12.9. The van der Waals surface area contributed by atoms with E-state index < -0.39 is 34.3 Å². The highest BCUT2D eigenvalue weighted by Crippen LogP contribution is 2.22. The van der Waals surface area contributed by atoms with Gasteiger partial charge in [0.1, 0.15) is 0 Å². The quantitative estimate of drug-likeness (QED) is 0.304. The van der Waals surface area contributed by atoms with Gasteiger partial charge in [0.2, 0.25) is 10.0 Å². The molecule has 0 heterocycles. The molecule has 7 nitrogen and oxygen atoms in total. The van der Waals surface area contributed by atoms with Crippen LogP contribution in [-0.2, 0) is 21.2 Å². The predicted octanol–water partition coefficient (Wildman–Crippen LogP) is 4.04. The Morgan fingerprint density at radius 3 is 2.11 bits per heavy atom. The van der Waals surface area contributed by atoms with Crippen LogP contribution in [-0.4, -0.2) is 39.0 Å². The number of hydrogen-bond acceptors (Lipinski definition) is 5. The third-order valence-electron chi connectivity index (χ3n) is 5.67. The van der Waals surface area contributed by atoms with Crippen molar-refractivity contribution in [3.8, 4) is 0 Å². The summed E-state index contributed by atoms with van der Waals surface area (Å²) in [5, 5.41) is 8.37. The first-order chi connectivity index (χ1) is 17.3. The van der Waals surface area contributed by atoms with Gasteiger partial charge in [-0.25, -0.2) is 13.1 Å². The number of nitrogens with one attached hydrogen (secondary N) is 3. The highest BCUT2D eigenvalue weighted by Gasteiger charge is 2.22. The fraction of sp³-hybridized carbons (Fsp3) is 0.143. The van der Waals surface area contributed by atoms with E-state index in [1.807, 2.05) is 60.7 Å². The minimum atomic E-state index is -3.54. The van der Waals surface area contributed by atoms with Gasteiger partial charge in [-0.3, -0.25) is 9.59 Å². The molecular weight excluding hydrogens is 474 g/mol. The van der Waals surface area contributed by atoms with E-state index >= 15 is 0 Å². The minimum Gasteiger partial charge on any atom is -0.356 e. The summed E-state index contributed by atoms with van der Waals surface area (Å²) in [6, 6.07) is 29.5. The van der Waals surface area contributed by atoms with Crippen molar-refractivity contribution in [1.82, 2.24) is 10.0 Å². The van der Waals surface area contributed by atoms with Gasteiger partial charge in [-0.05, 0) is 59.2 Å². The average Bonchev–Trinajstić information content (AvgIpc) is 2.87. The predicted molar refractivity (Wildman–Crippen MR) is 143 cm³/mol. The molecule has 0 saturated heterocycles. The van der Waals surface area contributed by atoms with Gasteiger partial charge >= 0.3 is 0 Å². The van der Waals surface area contributed by atoms with Crippen LogP contribution in [0.25, 0.3) is 10.8 Å². The van der Waals surface area contributed by atoms with Crippen molar-refractivity contribution < 1.29 is 18.0 Å². The maximum Gasteiger partial charge on any atom is 0.251 e. The molecule has 36 heavy (non-hydrogen) atoms. The number of hydrogen-bond donors (Lipinski definition) is 3. The summed E-state index contributed by atoms with van der Waals surface area (Å²) in [6.07, 6.45) is 1.23. The van der Waals surface area contributed by atoms with Crippen LogP contribution in [0.4, 0.5) is 11.4 Å². The zero-order valence-corrected chi connectivity index (χ0v) is 20.6. The lowest BCUT2D eigenvalue weighted by Gasteiger charge is -2.18. The Bertz CT molecular complexity index is 1470. The van der Waals surface area contributed by atoms with E-state index in [0.717, 1.165) is 34.0 Å². The smallest absolute Gasteiger partial charge is 0.251 e. The highest BCUT2D eigenvalue weighted by atomic mass is 32.2. The molecule has 4 aromatic carbocycles. The zero-order valence-electron chi connectivity index (χ0n) is 19.8. The van der Waals surface area contributed by atoms with Gasteiger partial charge in [-0.1, -0.05) is 60.7 Å². The van der Waals surface area contributed by atoms with Gasteiger partial charge in [-0.15, -0.1) is 0 Å². The molecule has 0 fully saturated rings. The van der Waals surface area contributed by atoms with Crippen molar-refractivity contribution in [2.75, 3.05) is 18.1 Å². The van der Waals surface area contributed by atoms with E-state index in [1.165, 1.54) is 0 Å². The van der Waals surface area contributed by atoms with Crippen LogP contribution in [0.5, 0.6) is 0 Å². The first kappa shape index (κ1) is 25.1. The van der Waals surface area contributed by atoms with E-state index in [9.17, 15) is 18.0 Å². The molecule has 0 spiro atoms. The van der Waals surface area contributed by atoms with Crippen molar-refractivity contribution in [1.29, 1.82) is 0 Å². The van der Waals surface area contributed by atoms with Crippen molar-refractivity contribution in [2.45, 2.75) is 12.5 Å². The standard InChI is InChI=1S/C28H27N3O4S/c1-36(34,35)29-19-27(32)26(17-20-7-3-2-4-8-20)31-28(33)22-12-14-24(15-13-22)30-25-16-11-21-9-5-6-10-23(21)18-25/h2-16,18,26,29-30H,17,19H2,1H3,(H,31,33)/t26-/m0/s1. The third-order valence-corrected chi connectivity index (χ3v) is 6.34. The number of Topliss-reactive ketones (excluding diaryl/α,β-unsaturated/α-hetero) is 1.